The molecule has 0 aliphatic carbocycles. The number of nitrogens with one attached hydrogen (secondary N) is 1. The molecule has 2 aromatic carbocycles. The van der Waals surface area contributed by atoms with E-state index in [9.17, 15) is 9.18 Å². The molecule has 1 heterocycles. The Kier molecular flexibility index (Phi) is 6.19. The van der Waals surface area contributed by atoms with Crippen LogP contribution in [0.25, 0.3) is 11.4 Å². The largest absolute Gasteiger partial charge is 0.351 e. The van der Waals surface area contributed by atoms with Gasteiger partial charge in [-0.3, -0.25) is 4.79 Å². The highest BCUT2D eigenvalue weighted by atomic mass is 32.2. The molecule has 6 heteroatoms. The van der Waals surface area contributed by atoms with Gasteiger partial charge in [0.15, 0.2) is 5.82 Å². The van der Waals surface area contributed by atoms with Gasteiger partial charge in [-0.1, -0.05) is 41.6 Å². The van der Waals surface area contributed by atoms with E-state index >= 15 is 0 Å². The quantitative estimate of drug-likeness (QED) is 0.511. The van der Waals surface area contributed by atoms with Crippen molar-refractivity contribution in [2.24, 2.45) is 0 Å². The van der Waals surface area contributed by atoms with Crippen molar-refractivity contribution < 1.29 is 9.18 Å². The smallest absolute Gasteiger partial charge is 0.230 e. The van der Waals surface area contributed by atoms with Crippen LogP contribution in [0.15, 0.2) is 59.6 Å². The lowest BCUT2D eigenvalue weighted by Gasteiger charge is -2.07. The summed E-state index contributed by atoms with van der Waals surface area (Å²) in [4.78, 5) is 21.0. The minimum atomic E-state index is -0.300. The summed E-state index contributed by atoms with van der Waals surface area (Å²) in [7, 11) is 0. The summed E-state index contributed by atoms with van der Waals surface area (Å²) in [6, 6.07) is 16.0. The van der Waals surface area contributed by atoms with Crippen molar-refractivity contribution in [2.75, 3.05) is 5.75 Å². The number of nitrogens with zero attached hydrogens (tertiary/aromatic N) is 2. The second-order valence-corrected chi connectivity index (χ2v) is 7.22. The molecule has 0 saturated heterocycles. The monoisotopic (exact) mass is 381 g/mol. The Hall–Kier alpha value is -2.73. The summed E-state index contributed by atoms with van der Waals surface area (Å²) in [5.41, 5.74) is 3.80. The molecule has 27 heavy (non-hydrogen) atoms. The number of hydrogen-bond acceptors (Lipinski definition) is 4. The maximum atomic E-state index is 13.1. The van der Waals surface area contributed by atoms with Gasteiger partial charge in [0, 0.05) is 17.8 Å². The highest BCUT2D eigenvalue weighted by Gasteiger charge is 2.08. The van der Waals surface area contributed by atoms with Crippen molar-refractivity contribution in [1.82, 2.24) is 15.3 Å². The van der Waals surface area contributed by atoms with E-state index in [1.54, 1.807) is 12.1 Å². The second-order valence-electron chi connectivity index (χ2n) is 6.23. The van der Waals surface area contributed by atoms with E-state index in [2.05, 4.69) is 15.3 Å². The first-order chi connectivity index (χ1) is 13.0. The third-order valence-electron chi connectivity index (χ3n) is 3.89. The van der Waals surface area contributed by atoms with Gasteiger partial charge in [-0.25, -0.2) is 14.4 Å². The van der Waals surface area contributed by atoms with Crippen molar-refractivity contribution >= 4 is 17.7 Å². The van der Waals surface area contributed by atoms with Gasteiger partial charge in [0.1, 0.15) is 10.8 Å². The van der Waals surface area contributed by atoms with Crippen LogP contribution in [-0.2, 0) is 11.3 Å². The first kappa shape index (κ1) is 19.0. The molecule has 0 unspecified atom stereocenters. The fraction of sp³-hybridized carbons (Fsp3) is 0.190. The standard InChI is InChI=1S/C21H20FN3OS/c1-14-3-5-16(6-4-14)12-23-19(26)13-27-20-11-15(2)24-21(25-20)17-7-9-18(22)10-8-17/h3-11H,12-13H2,1-2H3,(H,23,26). The first-order valence-corrected chi connectivity index (χ1v) is 9.55. The number of amides is 1. The van der Waals surface area contributed by atoms with E-state index < -0.39 is 0 Å². The number of carbonyl (C=O) groups excluding carboxylic acids is 1. The predicted octanol–water partition coefficient (Wildman–Crippen LogP) is 4.31. The average Bonchev–Trinajstić information content (AvgIpc) is 2.66. The fourth-order valence-corrected chi connectivity index (χ4v) is 3.22. The summed E-state index contributed by atoms with van der Waals surface area (Å²) < 4.78 is 13.1. The zero-order chi connectivity index (χ0) is 19.2. The summed E-state index contributed by atoms with van der Waals surface area (Å²) in [6.07, 6.45) is 0. The third-order valence-corrected chi connectivity index (χ3v) is 4.81. The summed E-state index contributed by atoms with van der Waals surface area (Å²) in [6.45, 7) is 4.41. The molecule has 0 fully saturated rings. The lowest BCUT2D eigenvalue weighted by atomic mass is 10.1. The van der Waals surface area contributed by atoms with E-state index in [0.717, 1.165) is 16.8 Å². The molecule has 138 valence electrons. The minimum Gasteiger partial charge on any atom is -0.351 e. The molecule has 1 N–H and O–H groups in total. The second kappa shape index (κ2) is 8.77. The van der Waals surface area contributed by atoms with Gasteiger partial charge in [-0.15, -0.1) is 0 Å². The van der Waals surface area contributed by atoms with E-state index in [0.29, 0.717) is 17.4 Å². The Morgan fingerprint density at radius 1 is 1.04 bits per heavy atom. The van der Waals surface area contributed by atoms with E-state index in [-0.39, 0.29) is 17.5 Å². The number of thioether (sulfide) groups is 1. The summed E-state index contributed by atoms with van der Waals surface area (Å²) >= 11 is 1.36. The van der Waals surface area contributed by atoms with Crippen LogP contribution in [0.4, 0.5) is 4.39 Å². The Labute approximate surface area is 162 Å². The number of aromatic nitrogens is 2. The lowest BCUT2D eigenvalue weighted by Crippen LogP contribution is -2.24. The molecule has 0 bridgehead atoms. The summed E-state index contributed by atoms with van der Waals surface area (Å²) in [5.74, 6) is 0.439. The zero-order valence-electron chi connectivity index (χ0n) is 15.2. The Morgan fingerprint density at radius 2 is 1.74 bits per heavy atom. The van der Waals surface area contributed by atoms with Crippen molar-refractivity contribution in [3.8, 4) is 11.4 Å². The van der Waals surface area contributed by atoms with Crippen molar-refractivity contribution in [3.05, 3.63) is 77.2 Å². The van der Waals surface area contributed by atoms with Crippen LogP contribution in [0.1, 0.15) is 16.8 Å². The van der Waals surface area contributed by atoms with Crippen LogP contribution in [0.2, 0.25) is 0 Å². The van der Waals surface area contributed by atoms with Crippen LogP contribution in [-0.4, -0.2) is 21.6 Å². The number of aryl methyl sites for hydroxylation is 2. The maximum Gasteiger partial charge on any atom is 0.230 e. The normalized spacial score (nSPS) is 10.6. The number of halogens is 1. The third kappa shape index (κ3) is 5.62. The van der Waals surface area contributed by atoms with Gasteiger partial charge in [0.05, 0.1) is 5.75 Å². The minimum absolute atomic E-state index is 0.0554. The van der Waals surface area contributed by atoms with Crippen LogP contribution in [0.3, 0.4) is 0 Å². The highest BCUT2D eigenvalue weighted by molar-refractivity contribution is 7.99. The molecule has 1 aromatic heterocycles. The molecule has 0 radical (unpaired) electrons. The van der Waals surface area contributed by atoms with Gasteiger partial charge in [-0.2, -0.15) is 0 Å². The van der Waals surface area contributed by atoms with E-state index in [4.69, 9.17) is 0 Å². The SMILES string of the molecule is Cc1ccc(CNC(=O)CSc2cc(C)nc(-c3ccc(F)cc3)n2)cc1. The number of carbonyl (C=O) groups is 1. The molecule has 0 aliphatic rings. The molecule has 4 nitrogen and oxygen atoms in total. The molecule has 0 spiro atoms. The molecular formula is C21H20FN3OS. The zero-order valence-corrected chi connectivity index (χ0v) is 16.0. The molecule has 0 aliphatic heterocycles. The molecule has 0 saturated carbocycles. The summed E-state index contributed by atoms with van der Waals surface area (Å²) in [5, 5.41) is 3.63. The van der Waals surface area contributed by atoms with Crippen LogP contribution in [0, 0.1) is 19.7 Å². The fourth-order valence-electron chi connectivity index (χ4n) is 2.44. The number of hydrogen-bond donors (Lipinski definition) is 1. The molecule has 1 amide bonds. The van der Waals surface area contributed by atoms with Gasteiger partial charge in [0.25, 0.3) is 0 Å². The highest BCUT2D eigenvalue weighted by Crippen LogP contribution is 2.21. The maximum absolute atomic E-state index is 13.1. The Morgan fingerprint density at radius 3 is 2.44 bits per heavy atom. The van der Waals surface area contributed by atoms with Gasteiger partial charge in [0.2, 0.25) is 5.91 Å². The van der Waals surface area contributed by atoms with Gasteiger partial charge < -0.3 is 5.32 Å². The molecular weight excluding hydrogens is 361 g/mol. The van der Waals surface area contributed by atoms with Gasteiger partial charge >= 0.3 is 0 Å². The lowest BCUT2D eigenvalue weighted by molar-refractivity contribution is -0.118. The van der Waals surface area contributed by atoms with Crippen LogP contribution in [0.5, 0.6) is 0 Å². The van der Waals surface area contributed by atoms with Crippen molar-refractivity contribution in [1.29, 1.82) is 0 Å². The van der Waals surface area contributed by atoms with Crippen LogP contribution < -0.4 is 5.32 Å². The first-order valence-electron chi connectivity index (χ1n) is 8.56. The van der Waals surface area contributed by atoms with Crippen molar-refractivity contribution in [2.45, 2.75) is 25.4 Å². The van der Waals surface area contributed by atoms with Crippen LogP contribution >= 0.6 is 11.8 Å². The number of rotatable bonds is 6. The van der Waals surface area contributed by atoms with E-state index in [1.165, 1.54) is 29.5 Å². The molecule has 3 aromatic rings. The average molecular weight is 381 g/mol. The Bertz CT molecular complexity index is 927. The predicted molar refractivity (Wildman–Crippen MR) is 106 cm³/mol. The Balaban J connectivity index is 1.59. The molecule has 3 rings (SSSR count). The van der Waals surface area contributed by atoms with E-state index in [1.807, 2.05) is 44.2 Å². The van der Waals surface area contributed by atoms with Crippen molar-refractivity contribution in [3.63, 3.8) is 0 Å². The topological polar surface area (TPSA) is 54.9 Å². The number of benzene rings is 2. The molecule has 0 atom stereocenters. The van der Waals surface area contributed by atoms with Gasteiger partial charge in [-0.05, 0) is 49.7 Å².